The summed E-state index contributed by atoms with van der Waals surface area (Å²) in [5.41, 5.74) is 4.85. The third-order valence-corrected chi connectivity index (χ3v) is 8.16. The highest BCUT2D eigenvalue weighted by atomic mass is 32.2. The highest BCUT2D eigenvalue weighted by Crippen LogP contribution is 2.42. The normalized spacial score (nSPS) is 13.5. The molecule has 0 bridgehead atoms. The Bertz CT molecular complexity index is 1620. The maximum absolute atomic E-state index is 13.7. The highest BCUT2D eigenvalue weighted by molar-refractivity contribution is 7.92. The molecule has 0 radical (unpaired) electrons. The Kier molecular flexibility index (Phi) is 5.73. The van der Waals surface area contributed by atoms with Crippen LogP contribution in [0.25, 0.3) is 16.5 Å². The summed E-state index contributed by atoms with van der Waals surface area (Å²) in [4.78, 5) is 12.6. The van der Waals surface area contributed by atoms with Crippen molar-refractivity contribution in [3.63, 3.8) is 0 Å². The molecule has 2 heterocycles. The summed E-state index contributed by atoms with van der Waals surface area (Å²) in [7, 11) is -2.08. The van der Waals surface area contributed by atoms with Gasteiger partial charge < -0.3 is 9.30 Å². The van der Waals surface area contributed by atoms with Gasteiger partial charge in [-0.2, -0.15) is 0 Å². The Morgan fingerprint density at radius 1 is 0.914 bits per heavy atom. The van der Waals surface area contributed by atoms with Crippen molar-refractivity contribution >= 4 is 32.2 Å². The number of rotatable bonds is 5. The number of fused-ring (bicyclic) bond motifs is 3. The molecule has 1 aliphatic heterocycles. The van der Waals surface area contributed by atoms with E-state index in [1.807, 2.05) is 50.3 Å². The Hall–Kier alpha value is -3.84. The van der Waals surface area contributed by atoms with Crippen LogP contribution < -0.4 is 14.6 Å². The Labute approximate surface area is 204 Å². The summed E-state index contributed by atoms with van der Waals surface area (Å²) >= 11 is 0. The Morgan fingerprint density at radius 3 is 2.31 bits per heavy atom. The van der Waals surface area contributed by atoms with Gasteiger partial charge in [0.25, 0.3) is 15.6 Å². The number of sulfonamides is 1. The average Bonchev–Trinajstić information content (AvgIpc) is 2.86. The van der Waals surface area contributed by atoms with E-state index in [9.17, 15) is 13.2 Å². The van der Waals surface area contributed by atoms with Gasteiger partial charge in [0.05, 0.1) is 29.3 Å². The van der Waals surface area contributed by atoms with Crippen LogP contribution in [0.15, 0.2) is 88.6 Å². The molecular formula is C28H26N2O4S. The van der Waals surface area contributed by atoms with Gasteiger partial charge in [0.1, 0.15) is 5.75 Å². The SMILES string of the molecule is CCOc1ccc(C2=CCN(S(=O)(=O)c3ccc(C)cc3)c3ccc4c(ccc(=O)n4C)c32)cc1. The van der Waals surface area contributed by atoms with Gasteiger partial charge in [0.15, 0.2) is 0 Å². The van der Waals surface area contributed by atoms with E-state index in [-0.39, 0.29) is 17.0 Å². The molecule has 0 N–H and O–H groups in total. The fraction of sp³-hybridized carbons (Fsp3) is 0.179. The van der Waals surface area contributed by atoms with Crippen molar-refractivity contribution in [2.45, 2.75) is 18.7 Å². The third-order valence-electron chi connectivity index (χ3n) is 6.37. The second kappa shape index (κ2) is 8.74. The Morgan fingerprint density at radius 2 is 1.63 bits per heavy atom. The zero-order valence-electron chi connectivity index (χ0n) is 19.9. The zero-order chi connectivity index (χ0) is 24.7. The largest absolute Gasteiger partial charge is 0.494 e. The second-order valence-corrected chi connectivity index (χ2v) is 10.4. The third kappa shape index (κ3) is 3.91. The molecule has 0 saturated heterocycles. The number of hydrogen-bond donors (Lipinski definition) is 0. The smallest absolute Gasteiger partial charge is 0.264 e. The predicted molar refractivity (Wildman–Crippen MR) is 140 cm³/mol. The molecule has 7 heteroatoms. The van der Waals surface area contributed by atoms with Crippen molar-refractivity contribution in [2.24, 2.45) is 7.05 Å². The van der Waals surface area contributed by atoms with E-state index in [4.69, 9.17) is 4.74 Å². The first-order valence-electron chi connectivity index (χ1n) is 11.5. The van der Waals surface area contributed by atoms with Crippen LogP contribution in [0, 0.1) is 6.92 Å². The van der Waals surface area contributed by atoms with E-state index in [1.165, 1.54) is 10.4 Å². The topological polar surface area (TPSA) is 68.6 Å². The van der Waals surface area contributed by atoms with Crippen LogP contribution in [-0.4, -0.2) is 26.1 Å². The maximum Gasteiger partial charge on any atom is 0.264 e. The van der Waals surface area contributed by atoms with E-state index in [0.717, 1.165) is 38.9 Å². The predicted octanol–water partition coefficient (Wildman–Crippen LogP) is 4.89. The van der Waals surface area contributed by atoms with Crippen molar-refractivity contribution in [3.8, 4) is 5.75 Å². The van der Waals surface area contributed by atoms with Crippen molar-refractivity contribution in [2.75, 3.05) is 17.5 Å². The first-order chi connectivity index (χ1) is 16.8. The maximum atomic E-state index is 13.7. The number of hydrogen-bond acceptors (Lipinski definition) is 4. The molecule has 0 aliphatic carbocycles. The van der Waals surface area contributed by atoms with Gasteiger partial charge in [-0.1, -0.05) is 35.9 Å². The Balaban J connectivity index is 1.73. The van der Waals surface area contributed by atoms with Crippen molar-refractivity contribution in [1.82, 2.24) is 4.57 Å². The summed E-state index contributed by atoms with van der Waals surface area (Å²) < 4.78 is 36.0. The van der Waals surface area contributed by atoms with Gasteiger partial charge in [-0.25, -0.2) is 8.42 Å². The molecule has 1 aromatic heterocycles. The summed E-state index contributed by atoms with van der Waals surface area (Å²) in [6.07, 6.45) is 1.94. The molecule has 0 unspecified atom stereocenters. The van der Waals surface area contributed by atoms with Crippen LogP contribution in [0.4, 0.5) is 5.69 Å². The molecule has 0 saturated carbocycles. The van der Waals surface area contributed by atoms with E-state index in [2.05, 4.69) is 0 Å². The molecule has 0 fully saturated rings. The van der Waals surface area contributed by atoms with Crippen LogP contribution in [0.1, 0.15) is 23.6 Å². The van der Waals surface area contributed by atoms with E-state index >= 15 is 0 Å². The van der Waals surface area contributed by atoms with Crippen molar-refractivity contribution in [3.05, 3.63) is 106 Å². The number of anilines is 1. The molecule has 35 heavy (non-hydrogen) atoms. The molecule has 1 aliphatic rings. The number of pyridine rings is 1. The highest BCUT2D eigenvalue weighted by Gasteiger charge is 2.31. The van der Waals surface area contributed by atoms with Gasteiger partial charge >= 0.3 is 0 Å². The van der Waals surface area contributed by atoms with Crippen LogP contribution in [-0.2, 0) is 17.1 Å². The van der Waals surface area contributed by atoms with Gasteiger partial charge in [-0.05, 0) is 67.4 Å². The first kappa shape index (κ1) is 22.9. The number of nitrogens with zero attached hydrogens (tertiary/aromatic N) is 2. The van der Waals surface area contributed by atoms with Crippen LogP contribution >= 0.6 is 0 Å². The molecule has 0 spiro atoms. The lowest BCUT2D eigenvalue weighted by molar-refractivity contribution is 0.340. The standard InChI is InChI=1S/C28H26N2O4S/c1-4-34-21-9-7-20(8-10-21)23-17-18-30(35(32,33)22-11-5-19(2)6-12-22)26-15-14-25-24(28(23)26)13-16-27(31)29(25)3/h5-17H,4,18H2,1-3H3. The zero-order valence-corrected chi connectivity index (χ0v) is 20.7. The van der Waals surface area contributed by atoms with Crippen LogP contribution in [0.5, 0.6) is 5.75 Å². The minimum absolute atomic E-state index is 0.121. The molecule has 0 amide bonds. The fourth-order valence-electron chi connectivity index (χ4n) is 4.53. The van der Waals surface area contributed by atoms with Gasteiger partial charge in [-0.15, -0.1) is 0 Å². The summed E-state index contributed by atoms with van der Waals surface area (Å²) in [6, 6.07) is 21.6. The minimum Gasteiger partial charge on any atom is -0.494 e. The van der Waals surface area contributed by atoms with Crippen LogP contribution in [0.3, 0.4) is 0 Å². The van der Waals surface area contributed by atoms with E-state index in [0.29, 0.717) is 12.3 Å². The first-order valence-corrected chi connectivity index (χ1v) is 12.9. The average molecular weight is 487 g/mol. The fourth-order valence-corrected chi connectivity index (χ4v) is 5.95. The van der Waals surface area contributed by atoms with Crippen molar-refractivity contribution < 1.29 is 13.2 Å². The molecule has 4 aromatic rings. The van der Waals surface area contributed by atoms with Gasteiger partial charge in [0.2, 0.25) is 0 Å². The molecule has 0 atom stereocenters. The molecule has 6 nitrogen and oxygen atoms in total. The van der Waals surface area contributed by atoms with Crippen molar-refractivity contribution in [1.29, 1.82) is 0 Å². The van der Waals surface area contributed by atoms with Crippen LogP contribution in [0.2, 0.25) is 0 Å². The van der Waals surface area contributed by atoms with Gasteiger partial charge in [0, 0.05) is 24.1 Å². The number of aryl methyl sites for hydroxylation is 2. The molecule has 178 valence electrons. The molecular weight excluding hydrogens is 460 g/mol. The lowest BCUT2D eigenvalue weighted by atomic mass is 9.90. The van der Waals surface area contributed by atoms with E-state index in [1.54, 1.807) is 48.0 Å². The summed E-state index contributed by atoms with van der Waals surface area (Å²) in [5, 5.41) is 0.813. The van der Waals surface area contributed by atoms with E-state index < -0.39 is 10.0 Å². The van der Waals surface area contributed by atoms with Gasteiger partial charge in [-0.3, -0.25) is 9.10 Å². The lowest BCUT2D eigenvalue weighted by Crippen LogP contribution is -2.34. The molecule has 3 aromatic carbocycles. The number of benzene rings is 3. The second-order valence-electron chi connectivity index (χ2n) is 8.55. The minimum atomic E-state index is -3.80. The summed E-state index contributed by atoms with van der Waals surface area (Å²) in [6.45, 7) is 4.64. The quantitative estimate of drug-likeness (QED) is 0.403. The lowest BCUT2D eigenvalue weighted by Gasteiger charge is -2.31. The summed E-state index contributed by atoms with van der Waals surface area (Å²) in [5.74, 6) is 0.775. The number of ether oxygens (including phenoxy) is 1. The molecule has 5 rings (SSSR count). The monoisotopic (exact) mass is 486 g/mol. The number of aromatic nitrogens is 1.